The Hall–Kier alpha value is -3.45. The zero-order valence-electron chi connectivity index (χ0n) is 14.8. The number of para-hydroxylation sites is 2. The van der Waals surface area contributed by atoms with Crippen LogP contribution in [0.5, 0.6) is 0 Å². The zero-order chi connectivity index (χ0) is 19.5. The van der Waals surface area contributed by atoms with Crippen LogP contribution < -0.4 is 11.1 Å². The summed E-state index contributed by atoms with van der Waals surface area (Å²) in [6.07, 6.45) is 2.47. The number of nitrogen functional groups attached to an aromatic ring is 1. The minimum atomic E-state index is -0.406. The number of nitrogens with zero attached hydrogens (tertiary/aromatic N) is 4. The second-order valence-corrected chi connectivity index (χ2v) is 6.54. The maximum absolute atomic E-state index is 12.6. The molecule has 7 nitrogen and oxygen atoms in total. The molecule has 0 aliphatic rings. The fourth-order valence-corrected chi connectivity index (χ4v) is 3.06. The third kappa shape index (κ3) is 3.65. The Morgan fingerprint density at radius 1 is 1.07 bits per heavy atom. The number of fused-ring (bicyclic) bond motifs is 1. The van der Waals surface area contributed by atoms with Gasteiger partial charge in [0.25, 0.3) is 5.91 Å². The normalized spacial score (nSPS) is 10.9. The van der Waals surface area contributed by atoms with E-state index in [-0.39, 0.29) is 10.8 Å². The van der Waals surface area contributed by atoms with E-state index < -0.39 is 5.91 Å². The standard InChI is InChI=1S/C20H17ClN6O/c21-18-14(22)8-9-16(24-18)19(28)26-20-25-15-6-1-2-7-17(15)27(20)12-10-13-5-3-4-11-23-13/h1-9,11H,10,12,22H2,(H,25,26,28). The van der Waals surface area contributed by atoms with Crippen molar-refractivity contribution in [3.05, 3.63) is 77.3 Å². The molecule has 8 heteroatoms. The molecule has 1 aromatic carbocycles. The van der Waals surface area contributed by atoms with Gasteiger partial charge < -0.3 is 10.3 Å². The van der Waals surface area contributed by atoms with E-state index in [4.69, 9.17) is 17.3 Å². The molecule has 0 saturated heterocycles. The first-order chi connectivity index (χ1) is 13.6. The van der Waals surface area contributed by atoms with Gasteiger partial charge in [-0.15, -0.1) is 0 Å². The first kappa shape index (κ1) is 17.9. The van der Waals surface area contributed by atoms with Crippen molar-refractivity contribution in [2.24, 2.45) is 0 Å². The molecule has 0 spiro atoms. The highest BCUT2D eigenvalue weighted by molar-refractivity contribution is 6.32. The van der Waals surface area contributed by atoms with E-state index in [1.165, 1.54) is 6.07 Å². The van der Waals surface area contributed by atoms with E-state index in [0.717, 1.165) is 16.7 Å². The number of aromatic nitrogens is 4. The van der Waals surface area contributed by atoms with Crippen molar-refractivity contribution in [2.45, 2.75) is 13.0 Å². The van der Waals surface area contributed by atoms with Gasteiger partial charge in [-0.1, -0.05) is 29.8 Å². The van der Waals surface area contributed by atoms with Crippen LogP contribution >= 0.6 is 11.6 Å². The molecule has 0 atom stereocenters. The topological polar surface area (TPSA) is 98.7 Å². The lowest BCUT2D eigenvalue weighted by Crippen LogP contribution is -2.18. The molecular formula is C20H17ClN6O. The second kappa shape index (κ2) is 7.66. The molecule has 0 unspecified atom stereocenters. The van der Waals surface area contributed by atoms with Crippen LogP contribution in [0.1, 0.15) is 16.2 Å². The number of hydrogen-bond donors (Lipinski definition) is 2. The number of rotatable bonds is 5. The number of amides is 1. The molecule has 4 aromatic rings. The third-order valence-electron chi connectivity index (χ3n) is 4.31. The molecule has 1 amide bonds. The number of carbonyl (C=O) groups excluding carboxylic acids is 1. The second-order valence-electron chi connectivity index (χ2n) is 6.18. The summed E-state index contributed by atoms with van der Waals surface area (Å²) in [7, 11) is 0. The summed E-state index contributed by atoms with van der Waals surface area (Å²) in [6, 6.07) is 16.6. The maximum Gasteiger partial charge on any atom is 0.276 e. The number of nitrogens with one attached hydrogen (secondary N) is 1. The Labute approximate surface area is 166 Å². The van der Waals surface area contributed by atoms with E-state index in [9.17, 15) is 4.79 Å². The van der Waals surface area contributed by atoms with Crippen LogP contribution in [0.15, 0.2) is 60.8 Å². The molecule has 3 aromatic heterocycles. The summed E-state index contributed by atoms with van der Waals surface area (Å²) in [5, 5.41) is 2.92. The summed E-state index contributed by atoms with van der Waals surface area (Å²) in [5.41, 5.74) is 8.84. The average molecular weight is 393 g/mol. The van der Waals surface area contributed by atoms with Gasteiger partial charge in [0, 0.05) is 24.9 Å². The molecule has 140 valence electrons. The Kier molecular flexibility index (Phi) is 4.90. The lowest BCUT2D eigenvalue weighted by atomic mass is 10.2. The lowest BCUT2D eigenvalue weighted by Gasteiger charge is -2.10. The van der Waals surface area contributed by atoms with Gasteiger partial charge in [0.15, 0.2) is 5.15 Å². The fourth-order valence-electron chi connectivity index (χ4n) is 2.91. The Morgan fingerprint density at radius 2 is 1.89 bits per heavy atom. The molecule has 3 N–H and O–H groups in total. The summed E-state index contributed by atoms with van der Waals surface area (Å²) in [5.74, 6) is 0.0353. The Morgan fingerprint density at radius 3 is 2.68 bits per heavy atom. The van der Waals surface area contributed by atoms with Crippen molar-refractivity contribution in [1.82, 2.24) is 19.5 Å². The van der Waals surface area contributed by atoms with Gasteiger partial charge in [-0.25, -0.2) is 9.97 Å². The lowest BCUT2D eigenvalue weighted by molar-refractivity contribution is 0.102. The Balaban J connectivity index is 1.64. The molecule has 0 bridgehead atoms. The number of nitrogens with two attached hydrogens (primary N) is 1. The van der Waals surface area contributed by atoms with Crippen LogP contribution in [0.4, 0.5) is 11.6 Å². The summed E-state index contributed by atoms with van der Waals surface area (Å²) < 4.78 is 1.96. The van der Waals surface area contributed by atoms with Crippen LogP contribution in [0.3, 0.4) is 0 Å². The van der Waals surface area contributed by atoms with Gasteiger partial charge in [-0.3, -0.25) is 15.1 Å². The molecule has 0 aliphatic heterocycles. The van der Waals surface area contributed by atoms with Gasteiger partial charge in [-0.05, 0) is 36.4 Å². The van der Waals surface area contributed by atoms with Crippen LogP contribution in [-0.4, -0.2) is 25.4 Å². The molecule has 0 aliphatic carbocycles. The van der Waals surface area contributed by atoms with E-state index in [1.54, 1.807) is 12.3 Å². The van der Waals surface area contributed by atoms with Crippen molar-refractivity contribution in [3.63, 3.8) is 0 Å². The molecule has 28 heavy (non-hydrogen) atoms. The summed E-state index contributed by atoms with van der Waals surface area (Å²) >= 11 is 5.93. The smallest absolute Gasteiger partial charge is 0.276 e. The van der Waals surface area contributed by atoms with Crippen LogP contribution in [0, 0.1) is 0 Å². The van der Waals surface area contributed by atoms with Crippen molar-refractivity contribution >= 4 is 40.2 Å². The van der Waals surface area contributed by atoms with Gasteiger partial charge in [0.05, 0.1) is 16.7 Å². The van der Waals surface area contributed by atoms with Gasteiger partial charge in [-0.2, -0.15) is 0 Å². The number of halogens is 1. The van der Waals surface area contributed by atoms with Gasteiger partial charge in [0.2, 0.25) is 5.95 Å². The summed E-state index contributed by atoms with van der Waals surface area (Å²) in [4.78, 5) is 25.6. The number of pyridine rings is 2. The minimum absolute atomic E-state index is 0.0938. The highest BCUT2D eigenvalue weighted by atomic mass is 35.5. The monoisotopic (exact) mass is 392 g/mol. The van der Waals surface area contributed by atoms with Crippen LogP contribution in [0.2, 0.25) is 5.15 Å². The van der Waals surface area contributed by atoms with E-state index in [0.29, 0.717) is 24.6 Å². The predicted octanol–water partition coefficient (Wildman–Crippen LogP) is 3.56. The molecule has 0 saturated carbocycles. The first-order valence-corrected chi connectivity index (χ1v) is 9.08. The van der Waals surface area contributed by atoms with Crippen molar-refractivity contribution < 1.29 is 4.79 Å². The van der Waals surface area contributed by atoms with Gasteiger partial charge in [0.1, 0.15) is 5.69 Å². The van der Waals surface area contributed by atoms with E-state index in [2.05, 4.69) is 20.3 Å². The SMILES string of the molecule is Nc1ccc(C(=O)Nc2nc3ccccc3n2CCc2ccccn2)nc1Cl. The summed E-state index contributed by atoms with van der Waals surface area (Å²) in [6.45, 7) is 0.614. The Bertz CT molecular complexity index is 1140. The minimum Gasteiger partial charge on any atom is -0.396 e. The molecule has 4 rings (SSSR count). The van der Waals surface area contributed by atoms with Crippen LogP contribution in [0.25, 0.3) is 11.0 Å². The van der Waals surface area contributed by atoms with E-state index in [1.807, 2.05) is 47.0 Å². The number of imidazole rings is 1. The molecular weight excluding hydrogens is 376 g/mol. The van der Waals surface area contributed by atoms with Crippen molar-refractivity contribution in [3.8, 4) is 0 Å². The number of hydrogen-bond acceptors (Lipinski definition) is 5. The average Bonchev–Trinajstić information content (AvgIpc) is 3.06. The van der Waals surface area contributed by atoms with Crippen molar-refractivity contribution in [2.75, 3.05) is 11.1 Å². The molecule has 0 radical (unpaired) electrons. The molecule has 3 heterocycles. The highest BCUT2D eigenvalue weighted by Gasteiger charge is 2.16. The fraction of sp³-hybridized carbons (Fsp3) is 0.100. The largest absolute Gasteiger partial charge is 0.396 e. The highest BCUT2D eigenvalue weighted by Crippen LogP contribution is 2.21. The number of anilines is 2. The number of benzene rings is 1. The van der Waals surface area contributed by atoms with Gasteiger partial charge >= 0.3 is 0 Å². The predicted molar refractivity (Wildman–Crippen MR) is 109 cm³/mol. The first-order valence-electron chi connectivity index (χ1n) is 8.70. The van der Waals surface area contributed by atoms with Crippen molar-refractivity contribution in [1.29, 1.82) is 0 Å². The number of carbonyl (C=O) groups is 1. The van der Waals surface area contributed by atoms with Crippen LogP contribution in [-0.2, 0) is 13.0 Å². The molecule has 0 fully saturated rings. The van der Waals surface area contributed by atoms with E-state index >= 15 is 0 Å². The quantitative estimate of drug-likeness (QED) is 0.506. The third-order valence-corrected chi connectivity index (χ3v) is 4.61. The maximum atomic E-state index is 12.6. The number of aryl methyl sites for hydroxylation is 2. The zero-order valence-corrected chi connectivity index (χ0v) is 15.6.